The minimum absolute atomic E-state index is 0.698. The van der Waals surface area contributed by atoms with Crippen LogP contribution in [-0.2, 0) is 0 Å². The van der Waals surface area contributed by atoms with Gasteiger partial charge in [-0.05, 0) is 52.6 Å². The van der Waals surface area contributed by atoms with Gasteiger partial charge in [0, 0.05) is 50.3 Å². The molecule has 0 atom stereocenters. The van der Waals surface area contributed by atoms with E-state index in [1.165, 1.54) is 11.1 Å². The Balaban J connectivity index is 0.969. The van der Waals surface area contributed by atoms with E-state index >= 15 is 0 Å². The van der Waals surface area contributed by atoms with E-state index in [-0.39, 0.29) is 0 Å². The number of hydrogen-bond acceptors (Lipinski definition) is 4. The maximum absolute atomic E-state index is 5.34. The standard InChI is InChI=1S/C54H35N5/c1-4-13-36(14-5-1)37-22-26-40(27-23-37)48-35-49(57-53(56-48)42-15-6-2-7-16-42)41-28-24-38(25-29-41)39-30-32-44(33-31-39)59-52-46-20-11-10-19-45(46)50-47(21-12-34-55-50)51(52)58-54(59)43-17-8-3-9-18-43/h1-35H. The summed E-state index contributed by atoms with van der Waals surface area (Å²) >= 11 is 0. The molecule has 0 N–H and O–H groups in total. The number of benzene rings is 8. The van der Waals surface area contributed by atoms with Crippen LogP contribution < -0.4 is 0 Å². The SMILES string of the molecule is c1ccc(-c2ccc(-c3cc(-c4ccc(-c5ccc(-n6c(-c7ccccc7)nc7c8cccnc8c8ccccc8c76)cc5)cc4)nc(-c4ccccc4)n3)cc2)cc1. The molecule has 0 fully saturated rings. The van der Waals surface area contributed by atoms with Gasteiger partial charge in [-0.3, -0.25) is 9.55 Å². The van der Waals surface area contributed by atoms with E-state index in [4.69, 9.17) is 19.9 Å². The van der Waals surface area contributed by atoms with Crippen molar-refractivity contribution in [1.82, 2.24) is 24.5 Å². The molecule has 0 aliphatic rings. The first-order valence-corrected chi connectivity index (χ1v) is 19.8. The Morgan fingerprint density at radius 1 is 0.322 bits per heavy atom. The highest BCUT2D eigenvalue weighted by molar-refractivity contribution is 6.23. The van der Waals surface area contributed by atoms with Gasteiger partial charge in [0.25, 0.3) is 0 Å². The second-order valence-electron chi connectivity index (χ2n) is 14.7. The quantitative estimate of drug-likeness (QED) is 0.152. The van der Waals surface area contributed by atoms with Crippen LogP contribution in [0.2, 0.25) is 0 Å². The molecule has 3 aromatic heterocycles. The summed E-state index contributed by atoms with van der Waals surface area (Å²) in [6.45, 7) is 0. The molecule has 0 aliphatic carbocycles. The Hall–Kier alpha value is -8.02. The number of nitrogens with zero attached hydrogens (tertiary/aromatic N) is 5. The zero-order valence-electron chi connectivity index (χ0n) is 31.9. The molecule has 11 aromatic rings. The van der Waals surface area contributed by atoms with Crippen LogP contribution in [-0.4, -0.2) is 24.5 Å². The van der Waals surface area contributed by atoms with Gasteiger partial charge in [-0.2, -0.15) is 0 Å². The molecule has 0 aliphatic heterocycles. The lowest BCUT2D eigenvalue weighted by molar-refractivity contribution is 1.11. The molecule has 0 unspecified atom stereocenters. The van der Waals surface area contributed by atoms with Crippen LogP contribution in [0.3, 0.4) is 0 Å². The minimum atomic E-state index is 0.698. The van der Waals surface area contributed by atoms with Gasteiger partial charge in [-0.15, -0.1) is 0 Å². The second kappa shape index (κ2) is 14.5. The Morgan fingerprint density at radius 2 is 0.780 bits per heavy atom. The van der Waals surface area contributed by atoms with Crippen molar-refractivity contribution in [3.8, 4) is 73.2 Å². The number of pyridine rings is 1. The smallest absolute Gasteiger partial charge is 0.160 e. The highest BCUT2D eigenvalue weighted by atomic mass is 15.1. The largest absolute Gasteiger partial charge is 0.292 e. The van der Waals surface area contributed by atoms with Crippen LogP contribution in [0.5, 0.6) is 0 Å². The Labute approximate surface area is 341 Å². The number of hydrogen-bond donors (Lipinski definition) is 0. The van der Waals surface area contributed by atoms with Crippen molar-refractivity contribution in [1.29, 1.82) is 0 Å². The summed E-state index contributed by atoms with van der Waals surface area (Å²) in [5.41, 5.74) is 14.5. The third-order valence-electron chi connectivity index (χ3n) is 11.1. The van der Waals surface area contributed by atoms with Crippen LogP contribution in [0.25, 0.3) is 106 Å². The lowest BCUT2D eigenvalue weighted by Crippen LogP contribution is -1.98. The molecule has 0 saturated heterocycles. The molecular formula is C54H35N5. The predicted molar refractivity (Wildman–Crippen MR) is 242 cm³/mol. The zero-order valence-corrected chi connectivity index (χ0v) is 31.9. The fourth-order valence-electron chi connectivity index (χ4n) is 8.16. The van der Waals surface area contributed by atoms with Gasteiger partial charge < -0.3 is 0 Å². The summed E-state index contributed by atoms with van der Waals surface area (Å²) in [6, 6.07) is 71.9. The summed E-state index contributed by atoms with van der Waals surface area (Å²) in [5.74, 6) is 1.59. The minimum Gasteiger partial charge on any atom is -0.292 e. The van der Waals surface area contributed by atoms with E-state index in [1.807, 2.05) is 42.6 Å². The van der Waals surface area contributed by atoms with E-state index in [1.54, 1.807) is 0 Å². The maximum Gasteiger partial charge on any atom is 0.160 e. The summed E-state index contributed by atoms with van der Waals surface area (Å²) in [7, 11) is 0. The van der Waals surface area contributed by atoms with Gasteiger partial charge in [0.15, 0.2) is 5.82 Å². The first kappa shape index (κ1) is 34.2. The molecule has 0 spiro atoms. The van der Waals surface area contributed by atoms with Crippen LogP contribution >= 0.6 is 0 Å². The van der Waals surface area contributed by atoms with Crippen molar-refractivity contribution in [2.24, 2.45) is 0 Å². The number of aromatic nitrogens is 5. The van der Waals surface area contributed by atoms with Gasteiger partial charge in [0.05, 0.1) is 27.9 Å². The Bertz CT molecular complexity index is 3270. The lowest BCUT2D eigenvalue weighted by Gasteiger charge is -2.13. The molecule has 5 nitrogen and oxygen atoms in total. The molecule has 276 valence electrons. The number of fused-ring (bicyclic) bond motifs is 6. The highest BCUT2D eigenvalue weighted by Crippen LogP contribution is 2.39. The molecule has 0 radical (unpaired) electrons. The molecule has 0 saturated carbocycles. The average Bonchev–Trinajstić information content (AvgIpc) is 3.74. The van der Waals surface area contributed by atoms with Crippen molar-refractivity contribution in [3.05, 3.63) is 212 Å². The third-order valence-corrected chi connectivity index (χ3v) is 11.1. The van der Waals surface area contributed by atoms with Crippen molar-refractivity contribution in [3.63, 3.8) is 0 Å². The molecule has 11 rings (SSSR count). The third kappa shape index (κ3) is 6.22. The summed E-state index contributed by atoms with van der Waals surface area (Å²) in [4.78, 5) is 20.3. The Morgan fingerprint density at radius 3 is 1.37 bits per heavy atom. The Kier molecular flexibility index (Phi) is 8.41. The van der Waals surface area contributed by atoms with Gasteiger partial charge in [-0.1, -0.05) is 176 Å². The lowest BCUT2D eigenvalue weighted by atomic mass is 10.00. The van der Waals surface area contributed by atoms with E-state index in [0.29, 0.717) is 5.82 Å². The summed E-state index contributed by atoms with van der Waals surface area (Å²) < 4.78 is 2.30. The van der Waals surface area contributed by atoms with Crippen molar-refractivity contribution in [2.45, 2.75) is 0 Å². The van der Waals surface area contributed by atoms with Crippen LogP contribution in [0, 0.1) is 0 Å². The number of imidazole rings is 1. The monoisotopic (exact) mass is 753 g/mol. The first-order valence-electron chi connectivity index (χ1n) is 19.8. The first-order chi connectivity index (χ1) is 29.2. The molecule has 8 aromatic carbocycles. The van der Waals surface area contributed by atoms with Gasteiger partial charge in [0.2, 0.25) is 0 Å². The van der Waals surface area contributed by atoms with E-state index < -0.39 is 0 Å². The topological polar surface area (TPSA) is 56.5 Å². The fraction of sp³-hybridized carbons (Fsp3) is 0. The molecule has 3 heterocycles. The molecule has 0 amide bonds. The zero-order chi connectivity index (χ0) is 39.1. The van der Waals surface area contributed by atoms with Crippen LogP contribution in [0.15, 0.2) is 212 Å². The van der Waals surface area contributed by atoms with Gasteiger partial charge in [0.1, 0.15) is 5.82 Å². The highest BCUT2D eigenvalue weighted by Gasteiger charge is 2.20. The molecular weight excluding hydrogens is 719 g/mol. The number of rotatable bonds is 7. The maximum atomic E-state index is 5.34. The normalized spacial score (nSPS) is 11.4. The second-order valence-corrected chi connectivity index (χ2v) is 14.7. The predicted octanol–water partition coefficient (Wildman–Crippen LogP) is 13.5. The summed E-state index contributed by atoms with van der Waals surface area (Å²) in [5, 5.41) is 3.28. The van der Waals surface area contributed by atoms with E-state index in [2.05, 4.69) is 174 Å². The molecule has 5 heteroatoms. The van der Waals surface area contributed by atoms with Crippen LogP contribution in [0.4, 0.5) is 0 Å². The van der Waals surface area contributed by atoms with E-state index in [0.717, 1.165) is 89.0 Å². The average molecular weight is 754 g/mol. The van der Waals surface area contributed by atoms with Crippen molar-refractivity contribution in [2.75, 3.05) is 0 Å². The molecule has 0 bridgehead atoms. The fourth-order valence-corrected chi connectivity index (χ4v) is 8.16. The van der Waals surface area contributed by atoms with Crippen LogP contribution in [0.1, 0.15) is 0 Å². The molecule has 59 heavy (non-hydrogen) atoms. The van der Waals surface area contributed by atoms with Crippen molar-refractivity contribution < 1.29 is 0 Å². The summed E-state index contributed by atoms with van der Waals surface area (Å²) in [6.07, 6.45) is 1.86. The van der Waals surface area contributed by atoms with Gasteiger partial charge in [-0.25, -0.2) is 15.0 Å². The van der Waals surface area contributed by atoms with Gasteiger partial charge >= 0.3 is 0 Å². The van der Waals surface area contributed by atoms with E-state index in [9.17, 15) is 0 Å². The van der Waals surface area contributed by atoms with Crippen molar-refractivity contribution >= 4 is 32.7 Å².